The molecule has 5 rings (SSSR count). The Kier molecular flexibility index (Phi) is 5.16. The molecule has 1 aliphatic heterocycles. The fourth-order valence-corrected chi connectivity index (χ4v) is 5.59. The minimum Gasteiger partial charge on any atom is -0.294 e. The largest absolute Gasteiger partial charge is 0.294 e. The first-order valence-corrected chi connectivity index (χ1v) is 11.5. The summed E-state index contributed by atoms with van der Waals surface area (Å²) in [6, 6.07) is 11.3. The monoisotopic (exact) mass is 477 g/mol. The van der Waals surface area contributed by atoms with Gasteiger partial charge in [-0.15, -0.1) is 0 Å². The number of ketones is 1. The van der Waals surface area contributed by atoms with Crippen molar-refractivity contribution in [2.24, 2.45) is 10.4 Å². The van der Waals surface area contributed by atoms with Gasteiger partial charge in [0, 0.05) is 29.7 Å². The van der Waals surface area contributed by atoms with Crippen LogP contribution in [0.4, 0.5) is 10.1 Å². The molecule has 3 aromatic rings. The van der Waals surface area contributed by atoms with Gasteiger partial charge in [0.1, 0.15) is 5.82 Å². The number of fused-ring (bicyclic) bond motifs is 1. The van der Waals surface area contributed by atoms with E-state index in [0.717, 1.165) is 11.3 Å². The Morgan fingerprint density at radius 2 is 1.85 bits per heavy atom. The zero-order valence-corrected chi connectivity index (χ0v) is 19.3. The quantitative estimate of drug-likeness (QED) is 0.425. The number of carbonyl (C=O) groups excluding carboxylic acids is 1. The molecule has 0 N–H and O–H groups in total. The normalized spacial score (nSPS) is 19.4. The summed E-state index contributed by atoms with van der Waals surface area (Å²) in [5, 5.41) is 11.1. The second-order valence-corrected chi connectivity index (χ2v) is 10.3. The topological polar surface area (TPSA) is 94.6 Å². The van der Waals surface area contributed by atoms with Gasteiger partial charge < -0.3 is 0 Å². The van der Waals surface area contributed by atoms with Crippen molar-refractivity contribution in [1.82, 2.24) is 4.57 Å². The summed E-state index contributed by atoms with van der Waals surface area (Å²) in [6.45, 7) is 4.00. The molecular weight excluding hydrogens is 457 g/mol. The summed E-state index contributed by atoms with van der Waals surface area (Å²) in [5.41, 5.74) is 1.18. The van der Waals surface area contributed by atoms with E-state index in [-0.39, 0.29) is 28.0 Å². The Morgan fingerprint density at radius 1 is 1.15 bits per heavy atom. The van der Waals surface area contributed by atoms with E-state index in [0.29, 0.717) is 39.0 Å². The van der Waals surface area contributed by atoms with Crippen molar-refractivity contribution in [3.8, 4) is 0 Å². The van der Waals surface area contributed by atoms with Crippen molar-refractivity contribution in [3.05, 3.63) is 107 Å². The number of thiazole rings is 1. The summed E-state index contributed by atoms with van der Waals surface area (Å²) in [4.78, 5) is 42.5. The summed E-state index contributed by atoms with van der Waals surface area (Å²) in [7, 11) is 0. The Bertz CT molecular complexity index is 1560. The van der Waals surface area contributed by atoms with Gasteiger partial charge in [0.05, 0.1) is 21.2 Å². The zero-order chi connectivity index (χ0) is 24.2. The molecule has 0 spiro atoms. The first kappa shape index (κ1) is 22.1. The second-order valence-electron chi connectivity index (χ2n) is 9.25. The average Bonchev–Trinajstić information content (AvgIpc) is 3.08. The molecule has 1 atom stereocenters. The number of Topliss-reactive ketones (excluding diaryl/α,β-unsaturated/α-hetero) is 1. The van der Waals surface area contributed by atoms with E-state index < -0.39 is 16.8 Å². The minimum absolute atomic E-state index is 0.0824. The van der Waals surface area contributed by atoms with Gasteiger partial charge in [-0.3, -0.25) is 24.3 Å². The van der Waals surface area contributed by atoms with E-state index in [1.165, 1.54) is 28.8 Å². The smallest absolute Gasteiger partial charge is 0.271 e. The van der Waals surface area contributed by atoms with Gasteiger partial charge in [-0.25, -0.2) is 9.38 Å². The number of hydrogen-bond acceptors (Lipinski definition) is 6. The maximum atomic E-state index is 14.2. The number of nitro groups is 1. The van der Waals surface area contributed by atoms with E-state index in [4.69, 9.17) is 4.99 Å². The predicted molar refractivity (Wildman–Crippen MR) is 126 cm³/mol. The molecule has 1 aliphatic carbocycles. The van der Waals surface area contributed by atoms with Crippen LogP contribution in [0.15, 0.2) is 69.6 Å². The summed E-state index contributed by atoms with van der Waals surface area (Å²) in [6.07, 6.45) is 2.37. The number of non-ortho nitro benzene ring substituents is 1. The summed E-state index contributed by atoms with van der Waals surface area (Å²) < 4.78 is 16.0. The fourth-order valence-electron chi connectivity index (χ4n) is 4.58. The molecule has 0 saturated heterocycles. The van der Waals surface area contributed by atoms with Crippen LogP contribution in [0.3, 0.4) is 0 Å². The molecule has 9 heteroatoms. The van der Waals surface area contributed by atoms with Crippen molar-refractivity contribution in [3.63, 3.8) is 0 Å². The van der Waals surface area contributed by atoms with Crippen LogP contribution in [-0.4, -0.2) is 15.3 Å². The SMILES string of the molecule is CC1(C)CC(=O)C2=C(C1)N=c1sc(=Cc3ccccc3F)c(=O)n1C2c1ccc([N+](=O)[O-])cc1. The van der Waals surface area contributed by atoms with Gasteiger partial charge in [0.2, 0.25) is 0 Å². The van der Waals surface area contributed by atoms with Gasteiger partial charge >= 0.3 is 0 Å². The Labute approximate surface area is 197 Å². The van der Waals surface area contributed by atoms with Crippen LogP contribution in [0.5, 0.6) is 0 Å². The van der Waals surface area contributed by atoms with Crippen molar-refractivity contribution in [1.29, 1.82) is 0 Å². The highest BCUT2D eigenvalue weighted by Crippen LogP contribution is 2.43. The maximum absolute atomic E-state index is 14.2. The number of benzene rings is 2. The van der Waals surface area contributed by atoms with Gasteiger partial charge in [0.25, 0.3) is 11.2 Å². The number of nitrogens with zero attached hydrogens (tertiary/aromatic N) is 3. The van der Waals surface area contributed by atoms with Crippen LogP contribution in [0.1, 0.15) is 43.9 Å². The first-order chi connectivity index (χ1) is 16.1. The molecule has 1 unspecified atom stereocenters. The standard InChI is InChI=1S/C25H20FN3O4S/c1-25(2)12-18-21(19(30)13-25)22(14-7-9-16(10-8-14)29(32)33)28-23(31)20(34-24(28)27-18)11-15-5-3-4-6-17(15)26/h3-11,22H,12-13H2,1-2H3. The number of carbonyl (C=O) groups is 1. The Morgan fingerprint density at radius 3 is 2.53 bits per heavy atom. The molecule has 0 bridgehead atoms. The maximum Gasteiger partial charge on any atom is 0.271 e. The van der Waals surface area contributed by atoms with Crippen LogP contribution < -0.4 is 14.9 Å². The third-order valence-electron chi connectivity index (χ3n) is 6.11. The molecule has 34 heavy (non-hydrogen) atoms. The molecule has 2 aromatic carbocycles. The van der Waals surface area contributed by atoms with Crippen LogP contribution in [0, 0.1) is 21.3 Å². The zero-order valence-electron chi connectivity index (χ0n) is 18.4. The number of allylic oxidation sites excluding steroid dienone is 2. The molecule has 2 aliphatic rings. The van der Waals surface area contributed by atoms with Crippen LogP contribution >= 0.6 is 11.3 Å². The number of halogens is 1. The van der Waals surface area contributed by atoms with E-state index in [9.17, 15) is 24.1 Å². The van der Waals surface area contributed by atoms with E-state index in [2.05, 4.69) is 0 Å². The molecule has 172 valence electrons. The highest BCUT2D eigenvalue weighted by Gasteiger charge is 2.40. The van der Waals surface area contributed by atoms with Crippen molar-refractivity contribution >= 4 is 28.9 Å². The molecule has 7 nitrogen and oxygen atoms in total. The fraction of sp³-hybridized carbons (Fsp3) is 0.240. The Balaban J connectivity index is 1.76. The van der Waals surface area contributed by atoms with Gasteiger partial charge in [-0.05, 0) is 41.7 Å². The molecule has 2 heterocycles. The van der Waals surface area contributed by atoms with Crippen LogP contribution in [0.25, 0.3) is 6.08 Å². The molecular formula is C25H20FN3O4S. The van der Waals surface area contributed by atoms with E-state index in [1.54, 1.807) is 30.3 Å². The highest BCUT2D eigenvalue weighted by atomic mass is 32.1. The summed E-state index contributed by atoms with van der Waals surface area (Å²) >= 11 is 1.14. The molecule has 0 radical (unpaired) electrons. The van der Waals surface area contributed by atoms with Crippen molar-refractivity contribution in [2.75, 3.05) is 0 Å². The van der Waals surface area contributed by atoms with Crippen LogP contribution in [-0.2, 0) is 4.79 Å². The van der Waals surface area contributed by atoms with Gasteiger partial charge in [-0.2, -0.15) is 0 Å². The van der Waals surface area contributed by atoms with Gasteiger partial charge in [0.15, 0.2) is 10.6 Å². The second kappa shape index (κ2) is 7.95. The van der Waals surface area contributed by atoms with Crippen LogP contribution in [0.2, 0.25) is 0 Å². The van der Waals surface area contributed by atoms with Crippen molar-refractivity contribution < 1.29 is 14.1 Å². The van der Waals surface area contributed by atoms with E-state index in [1.807, 2.05) is 13.8 Å². The van der Waals surface area contributed by atoms with Gasteiger partial charge in [-0.1, -0.05) is 43.4 Å². The number of hydrogen-bond donors (Lipinski definition) is 0. The minimum atomic E-state index is -0.751. The highest BCUT2D eigenvalue weighted by molar-refractivity contribution is 7.07. The number of rotatable bonds is 3. The summed E-state index contributed by atoms with van der Waals surface area (Å²) in [5.74, 6) is -0.543. The lowest BCUT2D eigenvalue weighted by Gasteiger charge is -2.35. The molecule has 0 amide bonds. The lowest BCUT2D eigenvalue weighted by atomic mass is 9.73. The average molecular weight is 478 g/mol. The molecule has 1 aromatic heterocycles. The predicted octanol–water partition coefficient (Wildman–Crippen LogP) is 3.65. The van der Waals surface area contributed by atoms with E-state index >= 15 is 0 Å². The number of nitro benzene ring substituents is 1. The third-order valence-corrected chi connectivity index (χ3v) is 7.09. The lowest BCUT2D eigenvalue weighted by molar-refractivity contribution is -0.384. The molecule has 0 fully saturated rings. The number of aromatic nitrogens is 1. The van der Waals surface area contributed by atoms with Crippen molar-refractivity contribution in [2.45, 2.75) is 32.7 Å². The first-order valence-electron chi connectivity index (χ1n) is 10.7. The lowest BCUT2D eigenvalue weighted by Crippen LogP contribution is -2.42. The third kappa shape index (κ3) is 3.71. The Hall–Kier alpha value is -3.72. The molecule has 0 saturated carbocycles.